The number of piperidine rings is 1. The Morgan fingerprint density at radius 1 is 1.11 bits per heavy atom. The average molecular weight is 381 g/mol. The van der Waals surface area contributed by atoms with E-state index in [1.165, 1.54) is 11.3 Å². The zero-order chi connectivity index (χ0) is 19.5. The summed E-state index contributed by atoms with van der Waals surface area (Å²) in [5.74, 6) is 0.864. The molecule has 0 aliphatic carbocycles. The van der Waals surface area contributed by atoms with Gasteiger partial charge >= 0.3 is 0 Å². The van der Waals surface area contributed by atoms with Crippen LogP contribution in [0.5, 0.6) is 0 Å². The van der Waals surface area contributed by atoms with Gasteiger partial charge in [0.05, 0.1) is 24.5 Å². The van der Waals surface area contributed by atoms with Crippen LogP contribution in [-0.2, 0) is 24.3 Å². The van der Waals surface area contributed by atoms with E-state index in [1.54, 1.807) is 0 Å². The van der Waals surface area contributed by atoms with Gasteiger partial charge in [0, 0.05) is 25.4 Å². The molecule has 0 N–H and O–H groups in total. The minimum Gasteiger partial charge on any atom is -0.335 e. The third-order valence-electron chi connectivity index (χ3n) is 6.27. The third kappa shape index (κ3) is 4.46. The summed E-state index contributed by atoms with van der Waals surface area (Å²) < 4.78 is 2.09. The number of rotatable bonds is 5. The van der Waals surface area contributed by atoms with Crippen LogP contribution in [0.15, 0.2) is 36.4 Å². The number of amides is 1. The van der Waals surface area contributed by atoms with Crippen molar-refractivity contribution in [3.63, 3.8) is 0 Å². The minimum atomic E-state index is 0.319. The van der Waals surface area contributed by atoms with E-state index in [9.17, 15) is 4.79 Å². The van der Waals surface area contributed by atoms with Crippen LogP contribution >= 0.6 is 0 Å². The first-order valence-electron chi connectivity index (χ1n) is 10.7. The zero-order valence-corrected chi connectivity index (χ0v) is 17.2. The van der Waals surface area contributed by atoms with Gasteiger partial charge in [0.15, 0.2) is 0 Å². The van der Waals surface area contributed by atoms with Crippen LogP contribution in [0.1, 0.15) is 50.1 Å². The van der Waals surface area contributed by atoms with Gasteiger partial charge in [0.2, 0.25) is 5.91 Å². The number of hydrogen-bond acceptors (Lipinski definition) is 3. The van der Waals surface area contributed by atoms with Crippen molar-refractivity contribution in [2.24, 2.45) is 5.92 Å². The lowest BCUT2D eigenvalue weighted by atomic mass is 9.92. The summed E-state index contributed by atoms with van der Waals surface area (Å²) in [6.07, 6.45) is 3.86. The van der Waals surface area contributed by atoms with Crippen LogP contribution in [0.3, 0.4) is 0 Å². The molecule has 2 aliphatic heterocycles. The zero-order valence-electron chi connectivity index (χ0n) is 17.2. The van der Waals surface area contributed by atoms with Crippen molar-refractivity contribution in [1.82, 2.24) is 19.6 Å². The fraction of sp³-hybridized carbons (Fsp3) is 0.565. The van der Waals surface area contributed by atoms with Gasteiger partial charge in [-0.25, -0.2) is 0 Å². The van der Waals surface area contributed by atoms with Crippen molar-refractivity contribution in [3.05, 3.63) is 53.3 Å². The number of fused-ring (bicyclic) bond motifs is 1. The van der Waals surface area contributed by atoms with Gasteiger partial charge in [-0.3, -0.25) is 9.48 Å². The first-order chi connectivity index (χ1) is 13.6. The van der Waals surface area contributed by atoms with Crippen molar-refractivity contribution < 1.29 is 4.79 Å². The molecular weight excluding hydrogens is 348 g/mol. The highest BCUT2D eigenvalue weighted by Crippen LogP contribution is 2.24. The van der Waals surface area contributed by atoms with E-state index >= 15 is 0 Å². The molecule has 0 radical (unpaired) electrons. The number of carbonyl (C=O) groups excluding carboxylic acids is 1. The molecule has 1 aromatic heterocycles. The van der Waals surface area contributed by atoms with Gasteiger partial charge in [-0.15, -0.1) is 0 Å². The molecule has 4 rings (SSSR count). The summed E-state index contributed by atoms with van der Waals surface area (Å²) in [5.41, 5.74) is 3.54. The molecular formula is C23H32N4O. The molecule has 0 unspecified atom stereocenters. The molecule has 0 bridgehead atoms. The molecule has 28 heavy (non-hydrogen) atoms. The van der Waals surface area contributed by atoms with Crippen LogP contribution in [0, 0.1) is 5.92 Å². The molecule has 0 spiro atoms. The van der Waals surface area contributed by atoms with Crippen molar-refractivity contribution in [3.8, 4) is 0 Å². The topological polar surface area (TPSA) is 41.4 Å². The molecule has 1 saturated heterocycles. The van der Waals surface area contributed by atoms with Gasteiger partial charge in [0.25, 0.3) is 0 Å². The molecule has 0 saturated carbocycles. The molecule has 2 aliphatic rings. The second-order valence-corrected chi connectivity index (χ2v) is 8.61. The predicted molar refractivity (Wildman–Crippen MR) is 111 cm³/mol. The monoisotopic (exact) mass is 380 g/mol. The highest BCUT2D eigenvalue weighted by Gasteiger charge is 2.27. The largest absolute Gasteiger partial charge is 0.335 e. The Kier molecular flexibility index (Phi) is 5.81. The van der Waals surface area contributed by atoms with Crippen molar-refractivity contribution in [2.45, 2.75) is 58.7 Å². The van der Waals surface area contributed by atoms with E-state index in [0.717, 1.165) is 51.1 Å². The fourth-order valence-corrected chi connectivity index (χ4v) is 4.48. The van der Waals surface area contributed by atoms with E-state index in [2.05, 4.69) is 53.8 Å². The molecule has 1 aromatic carbocycles. The number of aromatic nitrogens is 2. The van der Waals surface area contributed by atoms with Crippen molar-refractivity contribution in [1.29, 1.82) is 0 Å². The van der Waals surface area contributed by atoms with Gasteiger partial charge in [-0.1, -0.05) is 30.3 Å². The van der Waals surface area contributed by atoms with Gasteiger partial charge < -0.3 is 9.80 Å². The number of likely N-dealkylation sites (tertiary alicyclic amines) is 1. The average Bonchev–Trinajstić information content (AvgIpc) is 3.10. The SMILES string of the molecule is CC(C)N1CCC(CC(=O)N2CCn3nc(Cc4ccccc4)cc3C2)CC1. The smallest absolute Gasteiger partial charge is 0.223 e. The van der Waals surface area contributed by atoms with Crippen LogP contribution in [0.25, 0.3) is 0 Å². The van der Waals surface area contributed by atoms with E-state index in [4.69, 9.17) is 5.10 Å². The Morgan fingerprint density at radius 2 is 1.86 bits per heavy atom. The summed E-state index contributed by atoms with van der Waals surface area (Å²) in [6.45, 7) is 9.07. The molecule has 5 heteroatoms. The maximum Gasteiger partial charge on any atom is 0.223 e. The highest BCUT2D eigenvalue weighted by molar-refractivity contribution is 5.76. The first-order valence-corrected chi connectivity index (χ1v) is 10.7. The summed E-state index contributed by atoms with van der Waals surface area (Å²) in [5, 5.41) is 4.75. The van der Waals surface area contributed by atoms with E-state index in [1.807, 2.05) is 11.0 Å². The van der Waals surface area contributed by atoms with Gasteiger partial charge in [-0.05, 0) is 57.3 Å². The molecule has 2 aromatic rings. The molecule has 1 fully saturated rings. The van der Waals surface area contributed by atoms with E-state index < -0.39 is 0 Å². The van der Waals surface area contributed by atoms with Crippen LogP contribution in [-0.4, -0.2) is 51.2 Å². The Bertz CT molecular complexity index is 790. The maximum atomic E-state index is 12.9. The van der Waals surface area contributed by atoms with E-state index in [0.29, 0.717) is 30.8 Å². The molecule has 5 nitrogen and oxygen atoms in total. The number of nitrogens with zero attached hydrogens (tertiary/aromatic N) is 4. The quantitative estimate of drug-likeness (QED) is 0.799. The number of benzene rings is 1. The third-order valence-corrected chi connectivity index (χ3v) is 6.27. The predicted octanol–water partition coefficient (Wildman–Crippen LogP) is 3.33. The molecule has 150 valence electrons. The maximum absolute atomic E-state index is 12.9. The number of carbonyl (C=O) groups is 1. The normalized spacial score (nSPS) is 18.5. The second kappa shape index (κ2) is 8.48. The Labute approximate surface area is 168 Å². The van der Waals surface area contributed by atoms with Crippen molar-refractivity contribution >= 4 is 5.91 Å². The highest BCUT2D eigenvalue weighted by atomic mass is 16.2. The van der Waals surface area contributed by atoms with Crippen molar-refractivity contribution in [2.75, 3.05) is 19.6 Å². The lowest BCUT2D eigenvalue weighted by Crippen LogP contribution is -2.42. The lowest BCUT2D eigenvalue weighted by molar-refractivity contribution is -0.134. The van der Waals surface area contributed by atoms with Crippen LogP contribution < -0.4 is 0 Å². The molecule has 1 amide bonds. The minimum absolute atomic E-state index is 0.319. The fourth-order valence-electron chi connectivity index (χ4n) is 4.48. The Morgan fingerprint density at radius 3 is 2.57 bits per heavy atom. The molecule has 0 atom stereocenters. The van der Waals surface area contributed by atoms with Gasteiger partial charge in [0.1, 0.15) is 0 Å². The number of hydrogen-bond donors (Lipinski definition) is 0. The second-order valence-electron chi connectivity index (χ2n) is 8.61. The van der Waals surface area contributed by atoms with Crippen LogP contribution in [0.2, 0.25) is 0 Å². The Hall–Kier alpha value is -2.14. The van der Waals surface area contributed by atoms with E-state index in [-0.39, 0.29) is 0 Å². The van der Waals surface area contributed by atoms with Crippen LogP contribution in [0.4, 0.5) is 0 Å². The lowest BCUT2D eigenvalue weighted by Gasteiger charge is -2.35. The summed E-state index contributed by atoms with van der Waals surface area (Å²) in [6, 6.07) is 13.2. The summed E-state index contributed by atoms with van der Waals surface area (Å²) in [4.78, 5) is 17.4. The summed E-state index contributed by atoms with van der Waals surface area (Å²) >= 11 is 0. The molecule has 3 heterocycles. The van der Waals surface area contributed by atoms with Gasteiger partial charge in [-0.2, -0.15) is 5.10 Å². The standard InChI is InChI=1S/C23H32N4O/c1-18(2)25-10-8-20(9-11-25)15-23(28)26-12-13-27-22(17-26)16-21(24-27)14-19-6-4-3-5-7-19/h3-7,16,18,20H,8-15,17H2,1-2H3. The summed E-state index contributed by atoms with van der Waals surface area (Å²) in [7, 11) is 0. The Balaban J connectivity index is 1.32. The first kappa shape index (κ1) is 19.2.